The number of carboxylic acid groups (broad SMARTS) is 1. The molecule has 3 N–H and O–H groups in total. The summed E-state index contributed by atoms with van der Waals surface area (Å²) in [6, 6.07) is 5.74. The number of aliphatic hydroxyl groups is 1. The maximum Gasteiger partial charge on any atom is 0.491 e. The van der Waals surface area contributed by atoms with Gasteiger partial charge in [0.05, 0.1) is 16.8 Å². The Hall–Kier alpha value is -1.37. The Morgan fingerprint density at radius 3 is 2.00 bits per heavy atom. The van der Waals surface area contributed by atoms with Crippen molar-refractivity contribution in [2.45, 2.75) is 38.9 Å². The van der Waals surface area contributed by atoms with Crippen molar-refractivity contribution in [1.29, 1.82) is 0 Å². The summed E-state index contributed by atoms with van der Waals surface area (Å²) in [6.45, 7) is 6.52. The van der Waals surface area contributed by atoms with Gasteiger partial charge in [0.15, 0.2) is 0 Å². The summed E-state index contributed by atoms with van der Waals surface area (Å²) in [5.74, 6) is -1.03. The van der Waals surface area contributed by atoms with Crippen LogP contribution >= 0.6 is 0 Å². The van der Waals surface area contributed by atoms with E-state index in [1.165, 1.54) is 24.3 Å². The number of hydrogen-bond acceptors (Lipinski definition) is 4. The average Bonchev–Trinajstić information content (AvgIpc) is 2.27. The highest BCUT2D eigenvalue weighted by Gasteiger charge is 2.39. The van der Waals surface area contributed by atoms with E-state index in [1.807, 2.05) is 0 Å². The van der Waals surface area contributed by atoms with Crippen molar-refractivity contribution in [2.75, 3.05) is 0 Å². The van der Waals surface area contributed by atoms with Gasteiger partial charge in [-0.1, -0.05) is 12.1 Å². The minimum Gasteiger partial charge on any atom is -0.478 e. The van der Waals surface area contributed by atoms with Gasteiger partial charge in [-0.05, 0) is 45.3 Å². The van der Waals surface area contributed by atoms with Crippen molar-refractivity contribution in [1.82, 2.24) is 0 Å². The molecule has 0 heterocycles. The molecule has 19 heavy (non-hydrogen) atoms. The SMILES string of the molecule is CC(C)(O)C(C)(C)OB(O)c1ccc(C(=O)O)cc1. The third kappa shape index (κ3) is 3.80. The summed E-state index contributed by atoms with van der Waals surface area (Å²) in [6.07, 6.45) is 0. The maximum atomic E-state index is 10.7. The van der Waals surface area contributed by atoms with Crippen LogP contribution in [0.25, 0.3) is 0 Å². The van der Waals surface area contributed by atoms with Crippen LogP contribution in [0.1, 0.15) is 38.1 Å². The Labute approximate surface area is 113 Å². The normalized spacial score (nSPS) is 12.3. The van der Waals surface area contributed by atoms with Gasteiger partial charge in [0, 0.05) is 0 Å². The van der Waals surface area contributed by atoms with Crippen molar-refractivity contribution in [2.24, 2.45) is 0 Å². The zero-order chi connectivity index (χ0) is 14.8. The Bertz CT molecular complexity index is 447. The van der Waals surface area contributed by atoms with Gasteiger partial charge in [0.2, 0.25) is 0 Å². The van der Waals surface area contributed by atoms with Crippen LogP contribution in [0.3, 0.4) is 0 Å². The summed E-state index contributed by atoms with van der Waals surface area (Å²) >= 11 is 0. The maximum absolute atomic E-state index is 10.7. The van der Waals surface area contributed by atoms with Gasteiger partial charge in [-0.15, -0.1) is 0 Å². The average molecular weight is 266 g/mol. The van der Waals surface area contributed by atoms with Gasteiger partial charge in [-0.2, -0.15) is 0 Å². The van der Waals surface area contributed by atoms with E-state index in [1.54, 1.807) is 27.7 Å². The van der Waals surface area contributed by atoms with E-state index in [0.29, 0.717) is 5.46 Å². The second-order valence-corrected chi connectivity index (χ2v) is 5.47. The van der Waals surface area contributed by atoms with E-state index in [2.05, 4.69) is 0 Å². The smallest absolute Gasteiger partial charge is 0.478 e. The molecular weight excluding hydrogens is 247 g/mol. The highest BCUT2D eigenvalue weighted by atomic mass is 16.5. The molecule has 0 unspecified atom stereocenters. The lowest BCUT2D eigenvalue weighted by Gasteiger charge is -2.38. The number of aromatic carboxylic acids is 1. The van der Waals surface area contributed by atoms with E-state index in [9.17, 15) is 14.9 Å². The molecule has 0 aliphatic rings. The third-order valence-electron chi connectivity index (χ3n) is 3.32. The van der Waals surface area contributed by atoms with Crippen molar-refractivity contribution < 1.29 is 24.7 Å². The van der Waals surface area contributed by atoms with Crippen molar-refractivity contribution in [3.8, 4) is 0 Å². The predicted octanol–water partition coefficient (Wildman–Crippen LogP) is 0.638. The van der Waals surface area contributed by atoms with Crippen molar-refractivity contribution in [3.05, 3.63) is 29.8 Å². The molecule has 0 aliphatic heterocycles. The Morgan fingerprint density at radius 1 is 1.16 bits per heavy atom. The fourth-order valence-corrected chi connectivity index (χ4v) is 1.28. The second-order valence-electron chi connectivity index (χ2n) is 5.47. The molecular formula is C13H19BO5. The molecule has 0 fully saturated rings. The van der Waals surface area contributed by atoms with E-state index in [0.717, 1.165) is 0 Å². The van der Waals surface area contributed by atoms with Gasteiger partial charge in [-0.25, -0.2) is 4.79 Å². The molecule has 1 aromatic carbocycles. The first-order valence-electron chi connectivity index (χ1n) is 5.96. The predicted molar refractivity (Wildman–Crippen MR) is 72.5 cm³/mol. The van der Waals surface area contributed by atoms with Gasteiger partial charge in [0.25, 0.3) is 0 Å². The van der Waals surface area contributed by atoms with Gasteiger partial charge < -0.3 is 19.9 Å². The van der Waals surface area contributed by atoms with E-state index >= 15 is 0 Å². The monoisotopic (exact) mass is 266 g/mol. The molecule has 0 bridgehead atoms. The lowest BCUT2D eigenvalue weighted by atomic mass is 9.76. The summed E-state index contributed by atoms with van der Waals surface area (Å²) in [5, 5.41) is 28.7. The molecule has 0 aromatic heterocycles. The minimum absolute atomic E-state index is 0.137. The van der Waals surface area contributed by atoms with Crippen LogP contribution in [0.15, 0.2) is 24.3 Å². The summed E-state index contributed by atoms with van der Waals surface area (Å²) in [7, 11) is -1.23. The first-order chi connectivity index (χ1) is 8.54. The summed E-state index contributed by atoms with van der Waals surface area (Å²) < 4.78 is 5.45. The molecule has 6 heteroatoms. The third-order valence-corrected chi connectivity index (χ3v) is 3.32. The number of carboxylic acids is 1. The summed E-state index contributed by atoms with van der Waals surface area (Å²) in [5.41, 5.74) is -1.52. The van der Waals surface area contributed by atoms with Gasteiger partial charge in [-0.3, -0.25) is 0 Å². The minimum atomic E-state index is -1.23. The second kappa shape index (κ2) is 5.32. The topological polar surface area (TPSA) is 87.0 Å². The van der Waals surface area contributed by atoms with Crippen LogP contribution in [0.4, 0.5) is 0 Å². The van der Waals surface area contributed by atoms with E-state index in [-0.39, 0.29) is 5.56 Å². The molecule has 1 rings (SSSR count). The molecule has 104 valence electrons. The number of carbonyl (C=O) groups is 1. The molecule has 0 amide bonds. The lowest BCUT2D eigenvalue weighted by molar-refractivity contribution is -0.0982. The van der Waals surface area contributed by atoms with Gasteiger partial charge >= 0.3 is 13.1 Å². The fourth-order valence-electron chi connectivity index (χ4n) is 1.28. The zero-order valence-electron chi connectivity index (χ0n) is 11.5. The molecule has 0 radical (unpaired) electrons. The quantitative estimate of drug-likeness (QED) is 0.681. The van der Waals surface area contributed by atoms with Crippen molar-refractivity contribution >= 4 is 18.6 Å². The van der Waals surface area contributed by atoms with E-state index in [4.69, 9.17) is 9.76 Å². The first kappa shape index (κ1) is 15.7. The summed E-state index contributed by atoms with van der Waals surface area (Å²) in [4.78, 5) is 10.7. The van der Waals surface area contributed by atoms with Gasteiger partial charge in [0.1, 0.15) is 0 Å². The van der Waals surface area contributed by atoms with Crippen LogP contribution in [0.2, 0.25) is 0 Å². The first-order valence-corrected chi connectivity index (χ1v) is 5.96. The van der Waals surface area contributed by atoms with Crippen LogP contribution in [-0.2, 0) is 4.65 Å². The number of benzene rings is 1. The number of hydrogen-bond donors (Lipinski definition) is 3. The standard InChI is InChI=1S/C13H19BO5/c1-12(2,17)13(3,4)19-14(18)10-7-5-9(6-8-10)11(15)16/h5-8,17-18H,1-4H3,(H,15,16). The molecule has 0 aliphatic carbocycles. The highest BCUT2D eigenvalue weighted by molar-refractivity contribution is 6.60. The fraction of sp³-hybridized carbons (Fsp3) is 0.462. The van der Waals surface area contributed by atoms with Crippen LogP contribution in [0, 0.1) is 0 Å². The Morgan fingerprint density at radius 2 is 1.63 bits per heavy atom. The molecule has 1 aromatic rings. The van der Waals surface area contributed by atoms with Crippen LogP contribution < -0.4 is 5.46 Å². The molecule has 5 nitrogen and oxygen atoms in total. The largest absolute Gasteiger partial charge is 0.491 e. The number of rotatable bonds is 5. The Balaban J connectivity index is 2.84. The molecule has 0 spiro atoms. The molecule has 0 atom stereocenters. The Kier molecular flexibility index (Phi) is 4.40. The zero-order valence-corrected chi connectivity index (χ0v) is 11.5. The van der Waals surface area contributed by atoms with Crippen LogP contribution in [-0.4, -0.2) is 39.5 Å². The molecule has 0 saturated carbocycles. The van der Waals surface area contributed by atoms with Crippen LogP contribution in [0.5, 0.6) is 0 Å². The van der Waals surface area contributed by atoms with E-state index < -0.39 is 24.3 Å². The molecule has 0 saturated heterocycles. The lowest BCUT2D eigenvalue weighted by Crippen LogP contribution is -2.53. The highest BCUT2D eigenvalue weighted by Crippen LogP contribution is 2.25. The van der Waals surface area contributed by atoms with Crippen molar-refractivity contribution in [3.63, 3.8) is 0 Å².